The lowest BCUT2D eigenvalue weighted by atomic mass is 10.3. The standard InChI is InChI=1S/C8H12N2O3/c1-9-4-3-6-5-7(10-13-6)8(11)12-2/h5,9H,3-4H2,1-2H3. The van der Waals surface area contributed by atoms with Crippen LogP contribution >= 0.6 is 0 Å². The molecule has 5 nitrogen and oxygen atoms in total. The molecule has 1 aromatic rings. The second-order valence-electron chi connectivity index (χ2n) is 2.52. The molecule has 0 unspecified atom stereocenters. The van der Waals surface area contributed by atoms with Crippen molar-refractivity contribution in [3.05, 3.63) is 17.5 Å². The monoisotopic (exact) mass is 184 g/mol. The number of methoxy groups -OCH3 is 1. The number of aromatic nitrogens is 1. The third-order valence-electron chi connectivity index (χ3n) is 1.57. The fraction of sp³-hybridized carbons (Fsp3) is 0.500. The van der Waals surface area contributed by atoms with Crippen LogP contribution in [0.1, 0.15) is 16.2 Å². The largest absolute Gasteiger partial charge is 0.464 e. The van der Waals surface area contributed by atoms with Crippen LogP contribution in [0.2, 0.25) is 0 Å². The van der Waals surface area contributed by atoms with Gasteiger partial charge in [0.2, 0.25) is 0 Å². The molecule has 5 heteroatoms. The normalized spacial score (nSPS) is 10.0. The average molecular weight is 184 g/mol. The van der Waals surface area contributed by atoms with Crippen LogP contribution in [0.25, 0.3) is 0 Å². The Balaban J connectivity index is 2.58. The minimum atomic E-state index is -0.473. The maximum Gasteiger partial charge on any atom is 0.360 e. The summed E-state index contributed by atoms with van der Waals surface area (Å²) in [5.41, 5.74) is 0.216. The van der Waals surface area contributed by atoms with Gasteiger partial charge in [0.1, 0.15) is 5.76 Å². The van der Waals surface area contributed by atoms with E-state index in [1.807, 2.05) is 7.05 Å². The summed E-state index contributed by atoms with van der Waals surface area (Å²) >= 11 is 0. The van der Waals surface area contributed by atoms with Gasteiger partial charge in [-0.3, -0.25) is 0 Å². The summed E-state index contributed by atoms with van der Waals surface area (Å²) in [5, 5.41) is 6.53. The number of carbonyl (C=O) groups excluding carboxylic acids is 1. The number of carbonyl (C=O) groups is 1. The molecule has 0 saturated heterocycles. The third-order valence-corrected chi connectivity index (χ3v) is 1.57. The topological polar surface area (TPSA) is 64.4 Å². The van der Waals surface area contributed by atoms with Crippen LogP contribution in [0.15, 0.2) is 10.6 Å². The molecule has 0 amide bonds. The van der Waals surface area contributed by atoms with E-state index in [0.29, 0.717) is 12.2 Å². The Kier molecular flexibility index (Phi) is 3.45. The Labute approximate surface area is 76.0 Å². The van der Waals surface area contributed by atoms with Gasteiger partial charge in [-0.1, -0.05) is 5.16 Å². The SMILES string of the molecule is CNCCc1cc(C(=O)OC)no1. The summed E-state index contributed by atoms with van der Waals surface area (Å²) in [7, 11) is 3.15. The Bertz CT molecular complexity index is 283. The predicted octanol–water partition coefficient (Wildman–Crippen LogP) is 0.223. The highest BCUT2D eigenvalue weighted by Gasteiger charge is 2.11. The van der Waals surface area contributed by atoms with Crippen LogP contribution < -0.4 is 5.32 Å². The molecule has 0 aliphatic carbocycles. The molecule has 0 spiro atoms. The summed E-state index contributed by atoms with van der Waals surface area (Å²) in [4.78, 5) is 10.9. The first-order valence-corrected chi connectivity index (χ1v) is 3.96. The molecule has 1 N–H and O–H groups in total. The zero-order valence-corrected chi connectivity index (χ0v) is 7.66. The van der Waals surface area contributed by atoms with Gasteiger partial charge in [0.25, 0.3) is 0 Å². The molecule has 1 heterocycles. The van der Waals surface area contributed by atoms with Gasteiger partial charge >= 0.3 is 5.97 Å². The zero-order chi connectivity index (χ0) is 9.68. The molecule has 0 bridgehead atoms. The average Bonchev–Trinajstić information content (AvgIpc) is 2.62. The molecule has 1 rings (SSSR count). The number of hydrogen-bond donors (Lipinski definition) is 1. The maximum absolute atomic E-state index is 10.9. The van der Waals surface area contributed by atoms with Crippen molar-refractivity contribution < 1.29 is 14.1 Å². The van der Waals surface area contributed by atoms with E-state index in [2.05, 4.69) is 15.2 Å². The van der Waals surface area contributed by atoms with Crippen LogP contribution in [0, 0.1) is 0 Å². The van der Waals surface area contributed by atoms with E-state index in [0.717, 1.165) is 6.54 Å². The van der Waals surface area contributed by atoms with Crippen LogP contribution in [0.5, 0.6) is 0 Å². The third kappa shape index (κ3) is 2.55. The van der Waals surface area contributed by atoms with Gasteiger partial charge in [-0.05, 0) is 7.05 Å². The van der Waals surface area contributed by atoms with Gasteiger partial charge in [0.05, 0.1) is 7.11 Å². The number of likely N-dealkylation sites (N-methyl/N-ethyl adjacent to an activating group) is 1. The molecule has 0 aromatic carbocycles. The lowest BCUT2D eigenvalue weighted by Gasteiger charge is -1.91. The number of ether oxygens (including phenoxy) is 1. The van der Waals surface area contributed by atoms with Crippen LogP contribution in [0.3, 0.4) is 0 Å². The molecule has 0 aliphatic heterocycles. The second kappa shape index (κ2) is 4.61. The zero-order valence-electron chi connectivity index (χ0n) is 7.66. The van der Waals surface area contributed by atoms with Crippen molar-refractivity contribution in [3.8, 4) is 0 Å². The Morgan fingerprint density at radius 3 is 3.15 bits per heavy atom. The van der Waals surface area contributed by atoms with Crippen molar-refractivity contribution in [1.29, 1.82) is 0 Å². The van der Waals surface area contributed by atoms with Crippen molar-refractivity contribution in [2.45, 2.75) is 6.42 Å². The number of rotatable bonds is 4. The Morgan fingerprint density at radius 1 is 1.77 bits per heavy atom. The van der Waals surface area contributed by atoms with Crippen molar-refractivity contribution in [2.24, 2.45) is 0 Å². The summed E-state index contributed by atoms with van der Waals surface area (Å²) in [5.74, 6) is 0.203. The first kappa shape index (κ1) is 9.73. The Morgan fingerprint density at radius 2 is 2.54 bits per heavy atom. The van der Waals surface area contributed by atoms with Crippen molar-refractivity contribution in [3.63, 3.8) is 0 Å². The predicted molar refractivity (Wildman–Crippen MR) is 45.5 cm³/mol. The highest BCUT2D eigenvalue weighted by molar-refractivity contribution is 5.86. The summed E-state index contributed by atoms with van der Waals surface area (Å²) in [6.07, 6.45) is 0.709. The van der Waals surface area contributed by atoms with E-state index in [-0.39, 0.29) is 5.69 Å². The highest BCUT2D eigenvalue weighted by atomic mass is 16.5. The minimum Gasteiger partial charge on any atom is -0.464 e. The maximum atomic E-state index is 10.9. The first-order valence-electron chi connectivity index (χ1n) is 3.96. The van der Waals surface area contributed by atoms with Crippen LogP contribution in [-0.2, 0) is 11.2 Å². The van der Waals surface area contributed by atoms with Gasteiger partial charge in [0, 0.05) is 19.0 Å². The van der Waals surface area contributed by atoms with Gasteiger partial charge in [-0.2, -0.15) is 0 Å². The molecule has 0 radical (unpaired) electrons. The second-order valence-corrected chi connectivity index (χ2v) is 2.52. The summed E-state index contributed by atoms with van der Waals surface area (Å²) < 4.78 is 9.38. The smallest absolute Gasteiger partial charge is 0.360 e. The van der Waals surface area contributed by atoms with Gasteiger partial charge < -0.3 is 14.6 Å². The minimum absolute atomic E-state index is 0.216. The number of nitrogens with zero attached hydrogens (tertiary/aromatic N) is 1. The van der Waals surface area contributed by atoms with Crippen molar-refractivity contribution >= 4 is 5.97 Å². The summed E-state index contributed by atoms with van der Waals surface area (Å²) in [6, 6.07) is 1.59. The van der Waals surface area contributed by atoms with Crippen molar-refractivity contribution in [2.75, 3.05) is 20.7 Å². The molecule has 72 valence electrons. The van der Waals surface area contributed by atoms with E-state index in [1.54, 1.807) is 6.07 Å². The molecular weight excluding hydrogens is 172 g/mol. The number of esters is 1. The first-order chi connectivity index (χ1) is 6.27. The lowest BCUT2D eigenvalue weighted by molar-refractivity contribution is 0.0589. The molecule has 1 aromatic heterocycles. The molecule has 0 saturated carbocycles. The molecular formula is C8H12N2O3. The van der Waals surface area contributed by atoms with Crippen LogP contribution in [-0.4, -0.2) is 31.8 Å². The van der Waals surface area contributed by atoms with E-state index >= 15 is 0 Å². The molecule has 0 atom stereocenters. The number of hydrogen-bond acceptors (Lipinski definition) is 5. The quantitative estimate of drug-likeness (QED) is 0.678. The fourth-order valence-electron chi connectivity index (χ4n) is 0.880. The molecule has 13 heavy (non-hydrogen) atoms. The van der Waals surface area contributed by atoms with Crippen LogP contribution in [0.4, 0.5) is 0 Å². The Hall–Kier alpha value is -1.36. The fourth-order valence-corrected chi connectivity index (χ4v) is 0.880. The number of nitrogens with one attached hydrogen (secondary N) is 1. The van der Waals surface area contributed by atoms with E-state index < -0.39 is 5.97 Å². The lowest BCUT2D eigenvalue weighted by Crippen LogP contribution is -2.09. The van der Waals surface area contributed by atoms with E-state index in [1.165, 1.54) is 7.11 Å². The molecule has 0 aliphatic rings. The van der Waals surface area contributed by atoms with Gasteiger partial charge in [0.15, 0.2) is 5.69 Å². The van der Waals surface area contributed by atoms with E-state index in [9.17, 15) is 4.79 Å². The molecule has 0 fully saturated rings. The van der Waals surface area contributed by atoms with Crippen molar-refractivity contribution in [1.82, 2.24) is 10.5 Å². The highest BCUT2D eigenvalue weighted by Crippen LogP contribution is 2.04. The summed E-state index contributed by atoms with van der Waals surface area (Å²) in [6.45, 7) is 0.788. The van der Waals surface area contributed by atoms with Gasteiger partial charge in [-0.25, -0.2) is 4.79 Å². The van der Waals surface area contributed by atoms with E-state index in [4.69, 9.17) is 4.52 Å². The van der Waals surface area contributed by atoms with Gasteiger partial charge in [-0.15, -0.1) is 0 Å².